The van der Waals surface area contributed by atoms with Crippen molar-refractivity contribution >= 4 is 27.0 Å². The van der Waals surface area contributed by atoms with Crippen molar-refractivity contribution in [2.75, 3.05) is 38.5 Å². The second-order valence-corrected chi connectivity index (χ2v) is 7.16. The molecule has 18 heavy (non-hydrogen) atoms. The zero-order valence-corrected chi connectivity index (χ0v) is 11.5. The fourth-order valence-electron chi connectivity index (χ4n) is 1.85. The first-order valence-corrected chi connectivity index (χ1v) is 7.86. The predicted octanol–water partition coefficient (Wildman–Crippen LogP) is 0.270. The summed E-state index contributed by atoms with van der Waals surface area (Å²) in [5.74, 6) is 2.57. The Morgan fingerprint density at radius 1 is 1.39 bits per heavy atom. The van der Waals surface area contributed by atoms with E-state index in [9.17, 15) is 8.42 Å². The number of sulfonamides is 1. The SMILES string of the molecule is C#CCN1CCN(S(=O)(=O)c2cc(N)cs2)CC1. The number of rotatable bonds is 3. The smallest absolute Gasteiger partial charge is 0.252 e. The number of piperazine rings is 1. The molecule has 2 N–H and O–H groups in total. The Morgan fingerprint density at radius 2 is 2.06 bits per heavy atom. The third-order valence-corrected chi connectivity index (χ3v) is 6.17. The van der Waals surface area contributed by atoms with E-state index < -0.39 is 10.0 Å². The molecule has 1 aliphatic rings. The highest BCUT2D eigenvalue weighted by atomic mass is 32.2. The summed E-state index contributed by atoms with van der Waals surface area (Å²) in [6.07, 6.45) is 5.24. The Hall–Kier alpha value is -1.07. The minimum absolute atomic E-state index is 0.311. The molecule has 1 aromatic rings. The molecule has 1 aliphatic heterocycles. The fourth-order valence-corrected chi connectivity index (χ4v) is 4.50. The molecule has 2 rings (SSSR count). The van der Waals surface area contributed by atoms with E-state index in [1.54, 1.807) is 5.38 Å². The van der Waals surface area contributed by atoms with Crippen LogP contribution in [0.2, 0.25) is 0 Å². The van der Waals surface area contributed by atoms with Gasteiger partial charge in [0, 0.05) is 37.2 Å². The van der Waals surface area contributed by atoms with E-state index in [4.69, 9.17) is 12.2 Å². The molecule has 5 nitrogen and oxygen atoms in total. The molecule has 0 radical (unpaired) electrons. The topological polar surface area (TPSA) is 66.6 Å². The van der Waals surface area contributed by atoms with Crippen LogP contribution in [0, 0.1) is 12.3 Å². The van der Waals surface area contributed by atoms with Crippen LogP contribution in [0.1, 0.15) is 0 Å². The zero-order chi connectivity index (χ0) is 13.2. The molecular formula is C11H15N3O2S2. The van der Waals surface area contributed by atoms with E-state index in [1.165, 1.54) is 10.4 Å². The van der Waals surface area contributed by atoms with Gasteiger partial charge in [-0.15, -0.1) is 17.8 Å². The third-order valence-electron chi connectivity index (χ3n) is 2.84. The van der Waals surface area contributed by atoms with Crippen molar-refractivity contribution in [3.05, 3.63) is 11.4 Å². The number of nitrogens with zero attached hydrogens (tertiary/aromatic N) is 2. The van der Waals surface area contributed by atoms with Crippen molar-refractivity contribution < 1.29 is 8.42 Å². The highest BCUT2D eigenvalue weighted by Gasteiger charge is 2.29. The van der Waals surface area contributed by atoms with Gasteiger partial charge in [-0.05, 0) is 6.07 Å². The lowest BCUT2D eigenvalue weighted by Crippen LogP contribution is -2.48. The van der Waals surface area contributed by atoms with Gasteiger partial charge in [0.25, 0.3) is 10.0 Å². The molecule has 0 saturated carbocycles. The van der Waals surface area contributed by atoms with Crippen LogP contribution in [0.4, 0.5) is 5.69 Å². The second kappa shape index (κ2) is 5.28. The Labute approximate surface area is 111 Å². The molecule has 1 aromatic heterocycles. The first-order valence-electron chi connectivity index (χ1n) is 5.54. The number of terminal acetylenes is 1. The maximum absolute atomic E-state index is 12.3. The molecule has 0 spiro atoms. The second-order valence-electron chi connectivity index (χ2n) is 4.08. The minimum atomic E-state index is -3.39. The van der Waals surface area contributed by atoms with Crippen molar-refractivity contribution in [3.63, 3.8) is 0 Å². The normalized spacial score (nSPS) is 18.6. The van der Waals surface area contributed by atoms with Gasteiger partial charge < -0.3 is 5.73 Å². The average Bonchev–Trinajstić information content (AvgIpc) is 2.78. The van der Waals surface area contributed by atoms with Crippen LogP contribution >= 0.6 is 11.3 Å². The van der Waals surface area contributed by atoms with Crippen LogP contribution in [0.25, 0.3) is 0 Å². The fraction of sp³-hybridized carbons (Fsp3) is 0.455. The molecule has 0 unspecified atom stereocenters. The number of nitrogens with two attached hydrogens (primary N) is 1. The monoisotopic (exact) mass is 285 g/mol. The molecule has 0 aliphatic carbocycles. The van der Waals surface area contributed by atoms with Crippen LogP contribution in [-0.4, -0.2) is 50.3 Å². The summed E-state index contributed by atoms with van der Waals surface area (Å²) in [7, 11) is -3.39. The summed E-state index contributed by atoms with van der Waals surface area (Å²) in [6.45, 7) is 2.86. The van der Waals surface area contributed by atoms with Gasteiger partial charge in [-0.2, -0.15) is 4.31 Å². The molecule has 0 aromatic carbocycles. The Morgan fingerprint density at radius 3 is 2.56 bits per heavy atom. The number of hydrogen-bond acceptors (Lipinski definition) is 5. The number of anilines is 1. The summed E-state index contributed by atoms with van der Waals surface area (Å²) >= 11 is 1.16. The Bertz CT molecular complexity index is 551. The quantitative estimate of drug-likeness (QED) is 0.810. The van der Waals surface area contributed by atoms with E-state index in [-0.39, 0.29) is 0 Å². The highest BCUT2D eigenvalue weighted by Crippen LogP contribution is 2.25. The van der Waals surface area contributed by atoms with Crippen LogP contribution in [-0.2, 0) is 10.0 Å². The lowest BCUT2D eigenvalue weighted by atomic mass is 10.4. The van der Waals surface area contributed by atoms with Gasteiger partial charge >= 0.3 is 0 Å². The van der Waals surface area contributed by atoms with Crippen LogP contribution in [0.3, 0.4) is 0 Å². The van der Waals surface area contributed by atoms with Gasteiger partial charge in [-0.1, -0.05) is 5.92 Å². The number of hydrogen-bond donors (Lipinski definition) is 1. The molecule has 0 bridgehead atoms. The molecular weight excluding hydrogens is 270 g/mol. The standard InChI is InChI=1S/C11H15N3O2S2/c1-2-3-13-4-6-14(7-5-13)18(15,16)11-8-10(12)9-17-11/h1,8-9H,3-7,12H2. The maximum atomic E-state index is 12.3. The predicted molar refractivity (Wildman–Crippen MR) is 72.8 cm³/mol. The first kappa shape index (κ1) is 13.4. The summed E-state index contributed by atoms with van der Waals surface area (Å²) < 4.78 is 26.4. The minimum Gasteiger partial charge on any atom is -0.398 e. The summed E-state index contributed by atoms with van der Waals surface area (Å²) in [5, 5.41) is 1.64. The highest BCUT2D eigenvalue weighted by molar-refractivity contribution is 7.91. The van der Waals surface area contributed by atoms with E-state index in [0.29, 0.717) is 42.6 Å². The molecule has 0 atom stereocenters. The van der Waals surface area contributed by atoms with Gasteiger partial charge in [0.2, 0.25) is 0 Å². The molecule has 98 valence electrons. The Balaban J connectivity index is 2.07. The molecule has 0 amide bonds. The largest absolute Gasteiger partial charge is 0.398 e. The number of thiophene rings is 1. The lowest BCUT2D eigenvalue weighted by molar-refractivity contribution is 0.207. The van der Waals surface area contributed by atoms with Crippen molar-refractivity contribution in [3.8, 4) is 12.3 Å². The van der Waals surface area contributed by atoms with E-state index in [0.717, 1.165) is 11.3 Å². The lowest BCUT2D eigenvalue weighted by Gasteiger charge is -2.32. The number of nitrogen functional groups attached to an aromatic ring is 1. The zero-order valence-electron chi connectivity index (χ0n) is 9.87. The van der Waals surface area contributed by atoms with Gasteiger partial charge in [0.1, 0.15) is 4.21 Å². The van der Waals surface area contributed by atoms with Gasteiger partial charge in [0.15, 0.2) is 0 Å². The first-order chi connectivity index (χ1) is 8.54. The third kappa shape index (κ3) is 2.67. The molecule has 2 heterocycles. The van der Waals surface area contributed by atoms with Gasteiger partial charge in [0.05, 0.1) is 6.54 Å². The molecule has 1 saturated heterocycles. The molecule has 1 fully saturated rings. The summed E-state index contributed by atoms with van der Waals surface area (Å²) in [6, 6.07) is 1.51. The average molecular weight is 285 g/mol. The van der Waals surface area contributed by atoms with Crippen molar-refractivity contribution in [1.82, 2.24) is 9.21 Å². The van der Waals surface area contributed by atoms with Gasteiger partial charge in [-0.3, -0.25) is 4.90 Å². The van der Waals surface area contributed by atoms with Crippen LogP contribution in [0.5, 0.6) is 0 Å². The van der Waals surface area contributed by atoms with Crippen LogP contribution < -0.4 is 5.73 Å². The summed E-state index contributed by atoms with van der Waals surface area (Å²) in [5.41, 5.74) is 6.05. The van der Waals surface area contributed by atoms with Crippen LogP contribution in [0.15, 0.2) is 15.7 Å². The van der Waals surface area contributed by atoms with Gasteiger partial charge in [-0.25, -0.2) is 8.42 Å². The van der Waals surface area contributed by atoms with E-state index >= 15 is 0 Å². The van der Waals surface area contributed by atoms with E-state index in [2.05, 4.69) is 10.8 Å². The van der Waals surface area contributed by atoms with Crippen molar-refractivity contribution in [1.29, 1.82) is 0 Å². The van der Waals surface area contributed by atoms with E-state index in [1.807, 2.05) is 0 Å². The van der Waals surface area contributed by atoms with Crippen molar-refractivity contribution in [2.45, 2.75) is 4.21 Å². The van der Waals surface area contributed by atoms with Crippen molar-refractivity contribution in [2.24, 2.45) is 0 Å². The summed E-state index contributed by atoms with van der Waals surface area (Å²) in [4.78, 5) is 2.06. The molecule has 7 heteroatoms. The maximum Gasteiger partial charge on any atom is 0.252 e. The Kier molecular flexibility index (Phi) is 3.92.